The maximum absolute atomic E-state index is 13.1. The summed E-state index contributed by atoms with van der Waals surface area (Å²) >= 11 is 0. The third kappa shape index (κ3) is 4.51. The van der Waals surface area contributed by atoms with Gasteiger partial charge in [-0.25, -0.2) is 4.68 Å². The van der Waals surface area contributed by atoms with Crippen molar-refractivity contribution in [3.63, 3.8) is 0 Å². The van der Waals surface area contributed by atoms with E-state index in [4.69, 9.17) is 0 Å². The molecule has 1 fully saturated rings. The Bertz CT molecular complexity index is 826. The van der Waals surface area contributed by atoms with E-state index < -0.39 is 0 Å². The molecule has 0 saturated carbocycles. The number of carbonyl (C=O) groups excluding carboxylic acids is 2. The van der Waals surface area contributed by atoms with E-state index >= 15 is 0 Å². The second kappa shape index (κ2) is 9.18. The number of aromatic nitrogens is 2. The molecule has 1 aliphatic rings. The van der Waals surface area contributed by atoms with Crippen LogP contribution < -0.4 is 0 Å². The molecule has 5 nitrogen and oxygen atoms in total. The quantitative estimate of drug-likeness (QED) is 0.640. The van der Waals surface area contributed by atoms with Crippen molar-refractivity contribution < 1.29 is 9.59 Å². The summed E-state index contributed by atoms with van der Waals surface area (Å²) in [6.45, 7) is 7.19. The van der Waals surface area contributed by atoms with E-state index in [1.807, 2.05) is 44.2 Å². The highest BCUT2D eigenvalue weighted by Gasteiger charge is 2.36. The molecule has 1 saturated heterocycles. The van der Waals surface area contributed by atoms with Crippen molar-refractivity contribution >= 4 is 11.8 Å². The third-order valence-electron chi connectivity index (χ3n) is 5.71. The number of carbonyl (C=O) groups is 2. The summed E-state index contributed by atoms with van der Waals surface area (Å²) in [5.74, 6) is -0.324. The molecule has 0 aliphatic carbocycles. The number of aryl methyl sites for hydroxylation is 1. The molecule has 1 aromatic carbocycles. The largest absolute Gasteiger partial charge is 0.338 e. The molecule has 1 aliphatic heterocycles. The van der Waals surface area contributed by atoms with Gasteiger partial charge in [0.05, 0.1) is 11.6 Å². The van der Waals surface area contributed by atoms with Crippen molar-refractivity contribution in [1.82, 2.24) is 14.7 Å². The molecular formula is C23H31N3O2. The number of hydrogen-bond donors (Lipinski definition) is 0. The number of nitrogens with zero attached hydrogens (tertiary/aromatic N) is 3. The highest BCUT2D eigenvalue weighted by Crippen LogP contribution is 2.24. The fourth-order valence-corrected chi connectivity index (χ4v) is 4.05. The molecule has 2 heterocycles. The predicted molar refractivity (Wildman–Crippen MR) is 110 cm³/mol. The average molecular weight is 382 g/mol. The monoisotopic (exact) mass is 381 g/mol. The van der Waals surface area contributed by atoms with Crippen LogP contribution in [0.3, 0.4) is 0 Å². The zero-order valence-electron chi connectivity index (χ0n) is 17.3. The second-order valence-corrected chi connectivity index (χ2v) is 7.87. The number of unbranched alkanes of at least 4 members (excludes halogenated alkanes) is 3. The van der Waals surface area contributed by atoms with Crippen LogP contribution in [-0.2, 0) is 17.8 Å². The topological polar surface area (TPSA) is 55.2 Å². The summed E-state index contributed by atoms with van der Waals surface area (Å²) in [6, 6.07) is 9.92. The van der Waals surface area contributed by atoms with Crippen LogP contribution in [0.2, 0.25) is 0 Å². The van der Waals surface area contributed by atoms with Crippen LogP contribution in [0.15, 0.2) is 30.3 Å². The smallest absolute Gasteiger partial charge is 0.252 e. The molecule has 0 radical (unpaired) electrons. The Kier molecular flexibility index (Phi) is 6.65. The zero-order chi connectivity index (χ0) is 20.1. The van der Waals surface area contributed by atoms with Crippen LogP contribution in [0.4, 0.5) is 0 Å². The molecule has 2 aromatic rings. The first-order chi connectivity index (χ1) is 13.5. The average Bonchev–Trinajstić information content (AvgIpc) is 3.19. The maximum Gasteiger partial charge on any atom is 0.252 e. The summed E-state index contributed by atoms with van der Waals surface area (Å²) < 4.78 is 1.55. The lowest BCUT2D eigenvalue weighted by molar-refractivity contribution is -0.128. The zero-order valence-corrected chi connectivity index (χ0v) is 17.3. The minimum absolute atomic E-state index is 0.0449. The Morgan fingerprint density at radius 2 is 1.89 bits per heavy atom. The normalized spacial score (nSPS) is 16.8. The van der Waals surface area contributed by atoms with Gasteiger partial charge in [-0.3, -0.25) is 9.59 Å². The van der Waals surface area contributed by atoms with Crippen molar-refractivity contribution in [3.8, 4) is 0 Å². The molecule has 1 unspecified atom stereocenters. The highest BCUT2D eigenvalue weighted by atomic mass is 16.2. The first-order valence-corrected chi connectivity index (χ1v) is 10.4. The van der Waals surface area contributed by atoms with Crippen molar-refractivity contribution in [1.29, 1.82) is 0 Å². The molecule has 1 amide bonds. The lowest BCUT2D eigenvalue weighted by atomic mass is 10.0. The van der Waals surface area contributed by atoms with Gasteiger partial charge in [-0.2, -0.15) is 5.10 Å². The van der Waals surface area contributed by atoms with Crippen molar-refractivity contribution in [2.75, 3.05) is 6.54 Å². The van der Waals surface area contributed by atoms with Gasteiger partial charge < -0.3 is 4.90 Å². The molecule has 0 N–H and O–H groups in total. The number of rotatable bonds is 8. The SMILES string of the molecule is CCCCCCc1c(C)nn(C(=O)C2CC(=O)N(Cc3ccccc3)C2)c1C. The molecule has 1 aromatic heterocycles. The summed E-state index contributed by atoms with van der Waals surface area (Å²) in [6.07, 6.45) is 6.03. The van der Waals surface area contributed by atoms with Gasteiger partial charge in [0, 0.05) is 25.2 Å². The third-order valence-corrected chi connectivity index (χ3v) is 5.71. The van der Waals surface area contributed by atoms with Gasteiger partial charge in [0.15, 0.2) is 0 Å². The van der Waals surface area contributed by atoms with Gasteiger partial charge in [-0.05, 0) is 37.8 Å². The van der Waals surface area contributed by atoms with E-state index in [0.717, 1.165) is 29.8 Å². The minimum atomic E-state index is -0.317. The summed E-state index contributed by atoms with van der Waals surface area (Å²) in [4.78, 5) is 27.3. The fourth-order valence-electron chi connectivity index (χ4n) is 4.05. The Labute approximate surface area is 167 Å². The lowest BCUT2D eigenvalue weighted by Gasteiger charge is -2.16. The molecule has 3 rings (SSSR count). The van der Waals surface area contributed by atoms with Gasteiger partial charge in [-0.1, -0.05) is 56.5 Å². The molecule has 150 valence electrons. The Balaban J connectivity index is 1.66. The molecule has 0 bridgehead atoms. The van der Waals surface area contributed by atoms with E-state index in [2.05, 4.69) is 12.0 Å². The van der Waals surface area contributed by atoms with E-state index in [1.165, 1.54) is 24.8 Å². The summed E-state index contributed by atoms with van der Waals surface area (Å²) in [7, 11) is 0. The molecular weight excluding hydrogens is 350 g/mol. The number of amides is 1. The van der Waals surface area contributed by atoms with Crippen LogP contribution in [0.1, 0.15) is 66.3 Å². The molecule has 5 heteroatoms. The minimum Gasteiger partial charge on any atom is -0.338 e. The van der Waals surface area contributed by atoms with E-state index in [1.54, 1.807) is 9.58 Å². The van der Waals surface area contributed by atoms with Crippen LogP contribution in [0.5, 0.6) is 0 Å². The maximum atomic E-state index is 13.1. The van der Waals surface area contributed by atoms with Crippen LogP contribution in [-0.4, -0.2) is 33.0 Å². The van der Waals surface area contributed by atoms with Gasteiger partial charge in [0.1, 0.15) is 0 Å². The number of likely N-dealkylation sites (tertiary alicyclic amines) is 1. The van der Waals surface area contributed by atoms with E-state index in [0.29, 0.717) is 13.1 Å². The van der Waals surface area contributed by atoms with Crippen LogP contribution in [0.25, 0.3) is 0 Å². The van der Waals surface area contributed by atoms with Crippen molar-refractivity contribution in [3.05, 3.63) is 52.8 Å². The molecule has 28 heavy (non-hydrogen) atoms. The van der Waals surface area contributed by atoms with Crippen LogP contribution in [0, 0.1) is 19.8 Å². The van der Waals surface area contributed by atoms with E-state index in [9.17, 15) is 9.59 Å². The highest BCUT2D eigenvalue weighted by molar-refractivity contribution is 5.90. The lowest BCUT2D eigenvalue weighted by Crippen LogP contribution is -2.28. The summed E-state index contributed by atoms with van der Waals surface area (Å²) in [5, 5.41) is 4.52. The van der Waals surface area contributed by atoms with Crippen molar-refractivity contribution in [2.45, 2.75) is 65.8 Å². The Hall–Kier alpha value is -2.43. The predicted octanol–water partition coefficient (Wildman–Crippen LogP) is 4.31. The van der Waals surface area contributed by atoms with Gasteiger partial charge in [0.2, 0.25) is 5.91 Å². The van der Waals surface area contributed by atoms with E-state index in [-0.39, 0.29) is 24.2 Å². The van der Waals surface area contributed by atoms with Gasteiger partial charge >= 0.3 is 0 Å². The van der Waals surface area contributed by atoms with Crippen LogP contribution >= 0.6 is 0 Å². The second-order valence-electron chi connectivity index (χ2n) is 7.87. The van der Waals surface area contributed by atoms with Gasteiger partial charge in [-0.15, -0.1) is 0 Å². The number of benzene rings is 1. The fraction of sp³-hybridized carbons (Fsp3) is 0.522. The molecule has 1 atom stereocenters. The van der Waals surface area contributed by atoms with Crippen molar-refractivity contribution in [2.24, 2.45) is 5.92 Å². The Morgan fingerprint density at radius 1 is 1.14 bits per heavy atom. The van der Waals surface area contributed by atoms with Gasteiger partial charge in [0.25, 0.3) is 5.91 Å². The number of hydrogen-bond acceptors (Lipinski definition) is 3. The summed E-state index contributed by atoms with van der Waals surface area (Å²) in [5.41, 5.74) is 4.15. The molecule has 0 spiro atoms. The standard InChI is InChI=1S/C23H31N3O2/c1-4-5-6-10-13-21-17(2)24-26(18(21)3)23(28)20-14-22(27)25(16-20)15-19-11-8-7-9-12-19/h7-9,11-12,20H,4-6,10,13-16H2,1-3H3. The first kappa shape index (κ1) is 20.3. The Morgan fingerprint density at radius 3 is 2.61 bits per heavy atom. The first-order valence-electron chi connectivity index (χ1n) is 10.4.